The smallest absolute Gasteiger partial charge is 0.305 e. The van der Waals surface area contributed by atoms with E-state index < -0.39 is 12.1 Å². The molecule has 61 heavy (non-hydrogen) atoms. The van der Waals surface area contributed by atoms with E-state index in [4.69, 9.17) is 4.74 Å². The summed E-state index contributed by atoms with van der Waals surface area (Å²) < 4.78 is 5.45. The van der Waals surface area contributed by atoms with Gasteiger partial charge in [0.05, 0.1) is 25.4 Å². The average Bonchev–Trinajstić information content (AvgIpc) is 3.26. The maximum absolute atomic E-state index is 12.5. The van der Waals surface area contributed by atoms with Gasteiger partial charge in [0.2, 0.25) is 5.91 Å². The molecule has 1 amide bonds. The van der Waals surface area contributed by atoms with Gasteiger partial charge in [0.1, 0.15) is 0 Å². The Bertz CT molecular complexity index is 951. The third-order valence-electron chi connectivity index (χ3n) is 12.5. The number of amides is 1. The van der Waals surface area contributed by atoms with Crippen molar-refractivity contribution in [3.05, 3.63) is 24.3 Å². The van der Waals surface area contributed by atoms with Crippen molar-refractivity contribution in [2.75, 3.05) is 13.2 Å². The molecule has 0 saturated carbocycles. The van der Waals surface area contributed by atoms with Crippen LogP contribution in [-0.4, -0.2) is 47.4 Å². The second kappa shape index (κ2) is 51.0. The van der Waals surface area contributed by atoms with Gasteiger partial charge in [-0.25, -0.2) is 0 Å². The molecular weight excluding hydrogens is 755 g/mol. The number of rotatable bonds is 50. The van der Waals surface area contributed by atoms with E-state index in [1.807, 2.05) is 0 Å². The molecule has 0 aliphatic carbocycles. The van der Waals surface area contributed by atoms with E-state index in [-0.39, 0.29) is 18.5 Å². The molecule has 0 saturated heterocycles. The van der Waals surface area contributed by atoms with Crippen LogP contribution >= 0.6 is 0 Å². The summed E-state index contributed by atoms with van der Waals surface area (Å²) in [5.74, 6) is -0.0732. The zero-order valence-corrected chi connectivity index (χ0v) is 40.9. The van der Waals surface area contributed by atoms with Gasteiger partial charge in [-0.2, -0.15) is 0 Å². The Morgan fingerprint density at radius 2 is 0.836 bits per heavy atom. The van der Waals surface area contributed by atoms with Crippen molar-refractivity contribution in [2.45, 2.75) is 302 Å². The van der Waals surface area contributed by atoms with Gasteiger partial charge in [0.15, 0.2) is 0 Å². The molecule has 0 bridgehead atoms. The number of esters is 1. The quantitative estimate of drug-likeness (QED) is 0.0322. The molecule has 2 unspecified atom stereocenters. The van der Waals surface area contributed by atoms with Crippen molar-refractivity contribution in [2.24, 2.45) is 0 Å². The van der Waals surface area contributed by atoms with Gasteiger partial charge in [0.25, 0.3) is 0 Å². The lowest BCUT2D eigenvalue weighted by molar-refractivity contribution is -0.143. The van der Waals surface area contributed by atoms with Gasteiger partial charge in [-0.05, 0) is 51.4 Å². The summed E-state index contributed by atoms with van der Waals surface area (Å²) in [4.78, 5) is 24.5. The highest BCUT2D eigenvalue weighted by molar-refractivity contribution is 5.76. The minimum Gasteiger partial charge on any atom is -0.466 e. The summed E-state index contributed by atoms with van der Waals surface area (Å²) in [6, 6.07) is -0.554. The number of hydrogen-bond donors (Lipinski definition) is 3. The topological polar surface area (TPSA) is 95.9 Å². The molecule has 0 radical (unpaired) electrons. The van der Waals surface area contributed by atoms with Crippen LogP contribution in [0.15, 0.2) is 24.3 Å². The Morgan fingerprint density at radius 1 is 0.459 bits per heavy atom. The largest absolute Gasteiger partial charge is 0.466 e. The fraction of sp³-hybridized carbons (Fsp3) is 0.891. The molecule has 0 aromatic rings. The van der Waals surface area contributed by atoms with Crippen LogP contribution in [0, 0.1) is 0 Å². The summed E-state index contributed by atoms with van der Waals surface area (Å²) in [5, 5.41) is 23.3. The minimum absolute atomic E-state index is 0.0235. The predicted molar refractivity (Wildman–Crippen MR) is 264 cm³/mol. The number of ether oxygens (including phenoxy) is 1. The Hall–Kier alpha value is -1.66. The van der Waals surface area contributed by atoms with Crippen molar-refractivity contribution in [1.82, 2.24) is 5.32 Å². The highest BCUT2D eigenvalue weighted by Crippen LogP contribution is 2.17. The number of nitrogens with one attached hydrogen (secondary N) is 1. The molecule has 6 heteroatoms. The van der Waals surface area contributed by atoms with Crippen LogP contribution in [0.4, 0.5) is 0 Å². The van der Waals surface area contributed by atoms with Crippen LogP contribution in [0.2, 0.25) is 0 Å². The van der Waals surface area contributed by atoms with Crippen molar-refractivity contribution < 1.29 is 24.5 Å². The molecule has 2 atom stereocenters. The van der Waals surface area contributed by atoms with Gasteiger partial charge in [-0.3, -0.25) is 9.59 Å². The molecule has 0 aliphatic rings. The summed E-state index contributed by atoms with van der Waals surface area (Å²) in [5.41, 5.74) is 0. The Balaban J connectivity index is 3.47. The van der Waals surface area contributed by atoms with Crippen molar-refractivity contribution in [1.29, 1.82) is 0 Å². The maximum atomic E-state index is 12.5. The standard InChI is InChI=1S/C55H105NO5/c1-3-5-7-9-11-13-15-17-19-20-21-22-23-27-31-35-39-43-47-53(58)52(51-57)56-54(59)48-44-40-36-32-28-25-26-30-34-38-42-46-50-61-55(60)49-45-41-37-33-29-24-18-16-14-12-10-8-6-4-2/h10,12,16,18,52-53,57-58H,3-9,11,13-15,17,19-51H2,1-2H3,(H,56,59)/b12-10-,18-16-. The van der Waals surface area contributed by atoms with Crippen LogP contribution in [0.1, 0.15) is 290 Å². The van der Waals surface area contributed by atoms with Gasteiger partial charge in [-0.1, -0.05) is 250 Å². The third-order valence-corrected chi connectivity index (χ3v) is 12.5. The van der Waals surface area contributed by atoms with Crippen molar-refractivity contribution in [3.8, 4) is 0 Å². The number of aliphatic hydroxyl groups is 2. The third kappa shape index (κ3) is 47.7. The number of allylic oxidation sites excluding steroid dienone is 4. The zero-order valence-electron chi connectivity index (χ0n) is 40.9. The molecule has 0 aliphatic heterocycles. The molecule has 0 spiro atoms. The normalized spacial score (nSPS) is 12.8. The second-order valence-corrected chi connectivity index (χ2v) is 18.6. The van der Waals surface area contributed by atoms with Gasteiger partial charge >= 0.3 is 5.97 Å². The summed E-state index contributed by atoms with van der Waals surface area (Å²) in [6.07, 6.45) is 60.0. The summed E-state index contributed by atoms with van der Waals surface area (Å²) in [7, 11) is 0. The Kier molecular flexibility index (Phi) is 49.6. The van der Waals surface area contributed by atoms with Gasteiger partial charge in [0, 0.05) is 12.8 Å². The van der Waals surface area contributed by atoms with E-state index in [1.54, 1.807) is 0 Å². The fourth-order valence-corrected chi connectivity index (χ4v) is 8.30. The minimum atomic E-state index is -0.675. The predicted octanol–water partition coefficient (Wildman–Crippen LogP) is 16.3. The van der Waals surface area contributed by atoms with Gasteiger partial charge in [-0.15, -0.1) is 0 Å². The van der Waals surface area contributed by atoms with Crippen LogP contribution in [-0.2, 0) is 14.3 Å². The monoisotopic (exact) mass is 860 g/mol. The summed E-state index contributed by atoms with van der Waals surface area (Å²) >= 11 is 0. The fourth-order valence-electron chi connectivity index (χ4n) is 8.30. The molecule has 360 valence electrons. The van der Waals surface area contributed by atoms with Crippen LogP contribution in [0.25, 0.3) is 0 Å². The number of unbranched alkanes of at least 4 members (excludes halogenated alkanes) is 35. The maximum Gasteiger partial charge on any atom is 0.305 e. The van der Waals surface area contributed by atoms with Crippen LogP contribution in [0.5, 0.6) is 0 Å². The zero-order chi connectivity index (χ0) is 44.4. The molecule has 3 N–H and O–H groups in total. The number of carbonyl (C=O) groups excluding carboxylic acids is 2. The van der Waals surface area contributed by atoms with E-state index in [0.717, 1.165) is 70.6 Å². The molecule has 0 heterocycles. The molecule has 6 nitrogen and oxygen atoms in total. The highest BCUT2D eigenvalue weighted by atomic mass is 16.5. The summed E-state index contributed by atoms with van der Waals surface area (Å²) in [6.45, 7) is 4.88. The van der Waals surface area contributed by atoms with Crippen molar-refractivity contribution >= 4 is 11.9 Å². The van der Waals surface area contributed by atoms with Crippen LogP contribution < -0.4 is 5.32 Å². The molecule has 0 aromatic carbocycles. The molecule has 0 aromatic heterocycles. The van der Waals surface area contributed by atoms with E-state index in [9.17, 15) is 19.8 Å². The Labute approximate surface area is 380 Å². The van der Waals surface area contributed by atoms with E-state index in [1.165, 1.54) is 186 Å². The molecule has 0 fully saturated rings. The molecular formula is C55H105NO5. The number of carbonyl (C=O) groups is 2. The van der Waals surface area contributed by atoms with E-state index in [0.29, 0.717) is 25.9 Å². The lowest BCUT2D eigenvalue weighted by Crippen LogP contribution is -2.45. The first kappa shape index (κ1) is 59.3. The number of hydrogen-bond acceptors (Lipinski definition) is 5. The highest BCUT2D eigenvalue weighted by Gasteiger charge is 2.20. The first-order valence-corrected chi connectivity index (χ1v) is 27.1. The van der Waals surface area contributed by atoms with Crippen LogP contribution in [0.3, 0.4) is 0 Å². The first-order valence-electron chi connectivity index (χ1n) is 27.1. The Morgan fingerprint density at radius 3 is 1.30 bits per heavy atom. The van der Waals surface area contributed by atoms with E-state index in [2.05, 4.69) is 43.5 Å². The van der Waals surface area contributed by atoms with Crippen molar-refractivity contribution in [3.63, 3.8) is 0 Å². The average molecular weight is 860 g/mol. The lowest BCUT2D eigenvalue weighted by Gasteiger charge is -2.22. The lowest BCUT2D eigenvalue weighted by atomic mass is 10.0. The second-order valence-electron chi connectivity index (χ2n) is 18.6. The SMILES string of the molecule is CCCC/C=C\C/C=C\CCCCCCCC(=O)OCCCCCCCCCCCCCCC(=O)NC(CO)C(O)CCCCCCCCCCCCCCCCCCCC. The van der Waals surface area contributed by atoms with Gasteiger partial charge < -0.3 is 20.3 Å². The molecule has 0 rings (SSSR count). The van der Waals surface area contributed by atoms with E-state index >= 15 is 0 Å². The first-order chi connectivity index (χ1) is 30.0. The number of aliphatic hydroxyl groups excluding tert-OH is 2.